The van der Waals surface area contributed by atoms with Gasteiger partial charge in [0, 0.05) is 18.2 Å². The van der Waals surface area contributed by atoms with Crippen molar-refractivity contribution in [2.75, 3.05) is 13.7 Å². The molecule has 2 aromatic rings. The standard InChI is InChI=1S/C23H20N2O5/c1-4-10-29-23(28)16-7-5-6-15(11-16)20-9-8-17(30-20)12-18-14(2)19(13-24)22(27)25(3)21(18)26/h5-9,11-12H,4,10H2,1-3H3/b18-12+. The summed E-state index contributed by atoms with van der Waals surface area (Å²) < 4.78 is 11.0. The van der Waals surface area contributed by atoms with Crippen molar-refractivity contribution in [2.24, 2.45) is 0 Å². The van der Waals surface area contributed by atoms with E-state index in [1.807, 2.05) is 13.0 Å². The highest BCUT2D eigenvalue weighted by Gasteiger charge is 2.33. The number of ether oxygens (including phenoxy) is 1. The molecule has 0 spiro atoms. The van der Waals surface area contributed by atoms with Gasteiger partial charge >= 0.3 is 5.97 Å². The molecule has 0 aliphatic carbocycles. The molecule has 3 rings (SSSR count). The zero-order valence-corrected chi connectivity index (χ0v) is 16.9. The van der Waals surface area contributed by atoms with Gasteiger partial charge in [0.15, 0.2) is 0 Å². The number of hydrogen-bond acceptors (Lipinski definition) is 6. The van der Waals surface area contributed by atoms with E-state index in [0.717, 1.165) is 11.3 Å². The fourth-order valence-electron chi connectivity index (χ4n) is 3.00. The minimum absolute atomic E-state index is 0.0755. The molecule has 30 heavy (non-hydrogen) atoms. The van der Waals surface area contributed by atoms with Crippen LogP contribution in [0.5, 0.6) is 0 Å². The van der Waals surface area contributed by atoms with Crippen molar-refractivity contribution in [3.63, 3.8) is 0 Å². The van der Waals surface area contributed by atoms with Gasteiger partial charge in [0.1, 0.15) is 23.2 Å². The number of nitriles is 1. The maximum absolute atomic E-state index is 12.5. The van der Waals surface area contributed by atoms with E-state index in [2.05, 4.69) is 0 Å². The SMILES string of the molecule is CCCOC(=O)c1cccc(-c2ccc(/C=C3/C(=O)N(C)C(=O)C(C#N)=C3C)o2)c1. The van der Waals surface area contributed by atoms with E-state index < -0.39 is 17.8 Å². The second-order valence-corrected chi connectivity index (χ2v) is 6.76. The van der Waals surface area contributed by atoms with Crippen LogP contribution in [-0.4, -0.2) is 36.3 Å². The van der Waals surface area contributed by atoms with E-state index in [0.29, 0.717) is 34.8 Å². The molecular weight excluding hydrogens is 384 g/mol. The quantitative estimate of drug-likeness (QED) is 0.428. The summed E-state index contributed by atoms with van der Waals surface area (Å²) in [5.74, 6) is -0.648. The summed E-state index contributed by atoms with van der Waals surface area (Å²) in [6, 6.07) is 12.1. The lowest BCUT2D eigenvalue weighted by Crippen LogP contribution is -2.39. The molecule has 0 fully saturated rings. The first-order valence-electron chi connectivity index (χ1n) is 9.40. The summed E-state index contributed by atoms with van der Waals surface area (Å²) >= 11 is 0. The van der Waals surface area contributed by atoms with Crippen LogP contribution in [0.4, 0.5) is 0 Å². The third kappa shape index (κ3) is 3.94. The van der Waals surface area contributed by atoms with Gasteiger partial charge in [0.2, 0.25) is 0 Å². The summed E-state index contributed by atoms with van der Waals surface area (Å²) in [6.07, 6.45) is 2.24. The van der Waals surface area contributed by atoms with Crippen molar-refractivity contribution in [3.05, 3.63) is 64.4 Å². The van der Waals surface area contributed by atoms with Crippen molar-refractivity contribution in [1.82, 2.24) is 4.90 Å². The molecule has 0 saturated carbocycles. The second-order valence-electron chi connectivity index (χ2n) is 6.76. The molecular formula is C23H20N2O5. The average molecular weight is 404 g/mol. The molecule has 2 heterocycles. The number of imide groups is 1. The molecule has 1 aromatic carbocycles. The third-order valence-electron chi connectivity index (χ3n) is 4.68. The predicted molar refractivity (Wildman–Crippen MR) is 109 cm³/mol. The summed E-state index contributed by atoms with van der Waals surface area (Å²) in [7, 11) is 1.33. The van der Waals surface area contributed by atoms with Crippen LogP contribution < -0.4 is 0 Å². The predicted octanol–water partition coefficient (Wildman–Crippen LogP) is 3.74. The molecule has 0 N–H and O–H groups in total. The highest BCUT2D eigenvalue weighted by molar-refractivity contribution is 6.19. The highest BCUT2D eigenvalue weighted by Crippen LogP contribution is 2.29. The van der Waals surface area contributed by atoms with Gasteiger partial charge < -0.3 is 9.15 Å². The number of likely N-dealkylation sites (N-methyl/N-ethyl adjacent to an activating group) is 1. The first-order chi connectivity index (χ1) is 14.4. The molecule has 0 radical (unpaired) electrons. The second kappa shape index (κ2) is 8.62. The van der Waals surface area contributed by atoms with Crippen LogP contribution in [0.2, 0.25) is 0 Å². The molecule has 1 aliphatic rings. The van der Waals surface area contributed by atoms with Gasteiger partial charge in [-0.1, -0.05) is 19.1 Å². The van der Waals surface area contributed by atoms with Crippen LogP contribution in [-0.2, 0) is 14.3 Å². The Morgan fingerprint density at radius 1 is 1.23 bits per heavy atom. The summed E-state index contributed by atoms with van der Waals surface area (Å²) in [6.45, 7) is 3.83. The Morgan fingerprint density at radius 2 is 2.00 bits per heavy atom. The minimum Gasteiger partial charge on any atom is -0.462 e. The zero-order valence-electron chi connectivity index (χ0n) is 16.9. The molecule has 1 aromatic heterocycles. The van der Waals surface area contributed by atoms with Crippen LogP contribution >= 0.6 is 0 Å². The smallest absolute Gasteiger partial charge is 0.338 e. The number of hydrogen-bond donors (Lipinski definition) is 0. The van der Waals surface area contributed by atoms with Crippen LogP contribution in [0.25, 0.3) is 17.4 Å². The van der Waals surface area contributed by atoms with Gasteiger partial charge in [0.05, 0.1) is 12.2 Å². The molecule has 7 heteroatoms. The number of amides is 2. The van der Waals surface area contributed by atoms with Crippen LogP contribution in [0, 0.1) is 11.3 Å². The van der Waals surface area contributed by atoms with Crippen LogP contribution in [0.15, 0.2) is 57.5 Å². The Hall–Kier alpha value is -3.92. The molecule has 0 atom stereocenters. The van der Waals surface area contributed by atoms with Crippen LogP contribution in [0.1, 0.15) is 36.4 Å². The topological polar surface area (TPSA) is 101 Å². The number of esters is 1. The Kier molecular flexibility index (Phi) is 5.98. The lowest BCUT2D eigenvalue weighted by atomic mass is 9.95. The normalized spacial score (nSPS) is 15.5. The van der Waals surface area contributed by atoms with E-state index in [1.165, 1.54) is 13.1 Å². The number of carbonyl (C=O) groups is 3. The molecule has 7 nitrogen and oxygen atoms in total. The number of rotatable bonds is 5. The molecule has 152 valence electrons. The maximum atomic E-state index is 12.5. The van der Waals surface area contributed by atoms with Gasteiger partial charge in [-0.15, -0.1) is 0 Å². The molecule has 0 bridgehead atoms. The van der Waals surface area contributed by atoms with Crippen molar-refractivity contribution < 1.29 is 23.5 Å². The first kappa shape index (κ1) is 20.8. The fourth-order valence-corrected chi connectivity index (χ4v) is 3.00. The molecule has 2 amide bonds. The van der Waals surface area contributed by atoms with Gasteiger partial charge in [-0.25, -0.2) is 4.79 Å². The van der Waals surface area contributed by atoms with Crippen molar-refractivity contribution >= 4 is 23.9 Å². The molecule has 0 unspecified atom stereocenters. The Morgan fingerprint density at radius 3 is 2.70 bits per heavy atom. The van der Waals surface area contributed by atoms with Crippen LogP contribution in [0.3, 0.4) is 0 Å². The number of carbonyl (C=O) groups excluding carboxylic acids is 3. The number of nitrogens with zero attached hydrogens (tertiary/aromatic N) is 2. The highest BCUT2D eigenvalue weighted by atomic mass is 16.5. The number of furan rings is 1. The average Bonchev–Trinajstić information content (AvgIpc) is 3.23. The first-order valence-corrected chi connectivity index (χ1v) is 9.40. The van der Waals surface area contributed by atoms with Gasteiger partial charge in [-0.2, -0.15) is 5.26 Å². The zero-order chi connectivity index (χ0) is 21.8. The van der Waals surface area contributed by atoms with E-state index in [4.69, 9.17) is 9.15 Å². The Labute approximate surface area is 173 Å². The van der Waals surface area contributed by atoms with Crippen molar-refractivity contribution in [1.29, 1.82) is 5.26 Å². The summed E-state index contributed by atoms with van der Waals surface area (Å²) in [5.41, 5.74) is 1.54. The molecule has 0 saturated heterocycles. The van der Waals surface area contributed by atoms with Crippen molar-refractivity contribution in [3.8, 4) is 17.4 Å². The van der Waals surface area contributed by atoms with Gasteiger partial charge in [-0.05, 0) is 49.3 Å². The van der Waals surface area contributed by atoms with E-state index in [9.17, 15) is 19.6 Å². The van der Waals surface area contributed by atoms with E-state index in [-0.39, 0.29) is 11.1 Å². The van der Waals surface area contributed by atoms with Gasteiger partial charge in [0.25, 0.3) is 11.8 Å². The fraction of sp³-hybridized carbons (Fsp3) is 0.217. The maximum Gasteiger partial charge on any atom is 0.338 e. The number of benzene rings is 1. The lowest BCUT2D eigenvalue weighted by molar-refractivity contribution is -0.138. The Balaban J connectivity index is 1.93. The summed E-state index contributed by atoms with van der Waals surface area (Å²) in [5, 5.41) is 9.24. The monoisotopic (exact) mass is 404 g/mol. The van der Waals surface area contributed by atoms with Crippen molar-refractivity contribution in [2.45, 2.75) is 20.3 Å². The largest absolute Gasteiger partial charge is 0.462 e. The lowest BCUT2D eigenvalue weighted by Gasteiger charge is -2.23. The minimum atomic E-state index is -0.621. The van der Waals surface area contributed by atoms with E-state index in [1.54, 1.807) is 43.3 Å². The molecule has 1 aliphatic heterocycles. The van der Waals surface area contributed by atoms with Gasteiger partial charge in [-0.3, -0.25) is 14.5 Å². The Bertz CT molecular complexity index is 1130. The third-order valence-corrected chi connectivity index (χ3v) is 4.68. The van der Waals surface area contributed by atoms with E-state index >= 15 is 0 Å². The summed E-state index contributed by atoms with van der Waals surface area (Å²) in [4.78, 5) is 37.5.